The van der Waals surface area contributed by atoms with Crippen molar-refractivity contribution in [2.24, 2.45) is 0 Å². The lowest BCUT2D eigenvalue weighted by molar-refractivity contribution is -0.111. The van der Waals surface area contributed by atoms with E-state index < -0.39 is 0 Å². The van der Waals surface area contributed by atoms with Crippen molar-refractivity contribution in [1.82, 2.24) is 19.4 Å². The van der Waals surface area contributed by atoms with Crippen molar-refractivity contribution in [1.29, 1.82) is 5.26 Å². The molecule has 2 aromatic carbocycles. The third-order valence-corrected chi connectivity index (χ3v) is 7.54. The van der Waals surface area contributed by atoms with E-state index in [2.05, 4.69) is 67.0 Å². The summed E-state index contributed by atoms with van der Waals surface area (Å²) < 4.78 is 8.06. The molecule has 10 heteroatoms. The van der Waals surface area contributed by atoms with Crippen LogP contribution in [-0.4, -0.2) is 66.7 Å². The highest BCUT2D eigenvalue weighted by Crippen LogP contribution is 2.39. The summed E-state index contributed by atoms with van der Waals surface area (Å²) in [7, 11) is 7.60. The monoisotopic (exact) mass is 576 g/mol. The molecule has 0 radical (unpaired) electrons. The first-order chi connectivity index (χ1) is 20.8. The summed E-state index contributed by atoms with van der Waals surface area (Å²) in [5.41, 5.74) is 6.96. The van der Waals surface area contributed by atoms with Gasteiger partial charge in [-0.05, 0) is 50.7 Å². The van der Waals surface area contributed by atoms with Crippen LogP contribution in [0.15, 0.2) is 61.5 Å². The van der Waals surface area contributed by atoms with E-state index in [0.29, 0.717) is 28.8 Å². The minimum absolute atomic E-state index is 0.321. The maximum atomic E-state index is 12.4. The second kappa shape index (κ2) is 12.8. The van der Waals surface area contributed by atoms with Gasteiger partial charge in [-0.1, -0.05) is 24.8 Å². The van der Waals surface area contributed by atoms with Crippen molar-refractivity contribution in [3.05, 3.63) is 72.6 Å². The Balaban J connectivity index is 1.59. The first-order valence-electron chi connectivity index (χ1n) is 14.2. The largest absolute Gasteiger partial charge is 0.494 e. The van der Waals surface area contributed by atoms with Gasteiger partial charge in [0.2, 0.25) is 11.9 Å². The number of amides is 1. The van der Waals surface area contributed by atoms with E-state index in [4.69, 9.17) is 9.72 Å². The quantitative estimate of drug-likeness (QED) is 0.179. The molecule has 1 aliphatic rings. The fourth-order valence-electron chi connectivity index (χ4n) is 5.39. The normalized spacial score (nSPS) is 12.4. The standard InChI is InChI=1S/C33H36N8O2/c1-6-30(42)36-26-18-27(29(43-5)19-28(26)40(4)17-16-39(2)3)37-33-35-20-23(11-8-14-34)31(38-33)25-21-41-15-9-12-22-10-7-13-24(25)32(22)41/h6-8,10-11,13,18-21H,1,9,12,15-17H2,2-5H3,(H,36,42)(H,35,37,38)/b11-8-. The molecular formula is C33H36N8O2. The van der Waals surface area contributed by atoms with Gasteiger partial charge in [-0.15, -0.1) is 0 Å². The van der Waals surface area contributed by atoms with E-state index in [9.17, 15) is 10.1 Å². The number of hydrogen-bond donors (Lipinski definition) is 2. The van der Waals surface area contributed by atoms with Crippen LogP contribution in [0.5, 0.6) is 5.75 Å². The van der Waals surface area contributed by atoms with Gasteiger partial charge in [-0.3, -0.25) is 4.79 Å². The Morgan fingerprint density at radius 3 is 2.81 bits per heavy atom. The van der Waals surface area contributed by atoms with Gasteiger partial charge in [0, 0.05) is 67.7 Å². The van der Waals surface area contributed by atoms with Crippen LogP contribution in [-0.2, 0) is 17.8 Å². The van der Waals surface area contributed by atoms with Crippen molar-refractivity contribution >= 4 is 45.9 Å². The Morgan fingerprint density at radius 2 is 2.07 bits per heavy atom. The molecule has 0 aliphatic carbocycles. The molecule has 0 atom stereocenters. The van der Waals surface area contributed by atoms with E-state index in [1.807, 2.05) is 33.3 Å². The molecule has 0 spiro atoms. The predicted octanol–water partition coefficient (Wildman–Crippen LogP) is 5.46. The van der Waals surface area contributed by atoms with Crippen molar-refractivity contribution in [3.63, 3.8) is 0 Å². The van der Waals surface area contributed by atoms with Crippen molar-refractivity contribution in [2.75, 3.05) is 56.9 Å². The van der Waals surface area contributed by atoms with Gasteiger partial charge >= 0.3 is 0 Å². The van der Waals surface area contributed by atoms with Crippen molar-refractivity contribution < 1.29 is 9.53 Å². The molecule has 43 heavy (non-hydrogen) atoms. The number of carbonyl (C=O) groups excluding carboxylic acids is 1. The number of benzene rings is 2. The van der Waals surface area contributed by atoms with Gasteiger partial charge in [0.15, 0.2) is 0 Å². The van der Waals surface area contributed by atoms with Gasteiger partial charge in [-0.25, -0.2) is 9.97 Å². The fraction of sp³-hybridized carbons (Fsp3) is 0.273. The number of para-hydroxylation sites is 1. The van der Waals surface area contributed by atoms with E-state index in [1.54, 1.807) is 19.4 Å². The average molecular weight is 577 g/mol. The van der Waals surface area contributed by atoms with Gasteiger partial charge < -0.3 is 29.7 Å². The topological polar surface area (TPSA) is 111 Å². The van der Waals surface area contributed by atoms with Crippen molar-refractivity contribution in [3.8, 4) is 23.1 Å². The molecule has 2 aromatic heterocycles. The summed E-state index contributed by atoms with van der Waals surface area (Å²) in [6, 6.07) is 12.2. The Kier molecular flexibility index (Phi) is 8.74. The van der Waals surface area contributed by atoms with Gasteiger partial charge in [-0.2, -0.15) is 5.26 Å². The second-order valence-electron chi connectivity index (χ2n) is 10.7. The summed E-state index contributed by atoms with van der Waals surface area (Å²) >= 11 is 0. The summed E-state index contributed by atoms with van der Waals surface area (Å²) in [5.74, 6) is 0.594. The molecule has 220 valence electrons. The molecule has 10 nitrogen and oxygen atoms in total. The molecule has 4 aromatic rings. The number of rotatable bonds is 11. The molecule has 0 bridgehead atoms. The summed E-state index contributed by atoms with van der Waals surface area (Å²) in [6.07, 6.45) is 10.4. The lowest BCUT2D eigenvalue weighted by Gasteiger charge is -2.26. The molecule has 1 aliphatic heterocycles. The zero-order chi connectivity index (χ0) is 30.5. The van der Waals surface area contributed by atoms with Crippen LogP contribution in [0.4, 0.5) is 23.0 Å². The number of carbonyl (C=O) groups is 1. The zero-order valence-corrected chi connectivity index (χ0v) is 25.0. The number of hydrogen-bond acceptors (Lipinski definition) is 8. The van der Waals surface area contributed by atoms with Crippen LogP contribution in [0, 0.1) is 11.3 Å². The fourth-order valence-corrected chi connectivity index (χ4v) is 5.39. The maximum Gasteiger partial charge on any atom is 0.247 e. The third-order valence-electron chi connectivity index (χ3n) is 7.54. The zero-order valence-electron chi connectivity index (χ0n) is 25.0. The molecule has 0 saturated carbocycles. The number of ether oxygens (including phenoxy) is 1. The minimum atomic E-state index is -0.321. The molecule has 3 heterocycles. The summed E-state index contributed by atoms with van der Waals surface area (Å²) in [6.45, 7) is 6.11. The predicted molar refractivity (Wildman–Crippen MR) is 173 cm³/mol. The SMILES string of the molecule is C=CC(=O)Nc1cc(Nc2ncc(/C=C\C#N)c(-c3cn4c5c(cccc35)CCC4)n2)c(OC)cc1N(C)CCN(C)C. The average Bonchev–Trinajstić information content (AvgIpc) is 3.39. The first-order valence-corrected chi connectivity index (χ1v) is 14.2. The number of anilines is 4. The van der Waals surface area contributed by atoms with Crippen LogP contribution < -0.4 is 20.3 Å². The maximum absolute atomic E-state index is 12.4. The number of methoxy groups -OCH3 is 1. The molecule has 1 amide bonds. The Morgan fingerprint density at radius 1 is 1.23 bits per heavy atom. The molecular weight excluding hydrogens is 540 g/mol. The number of allylic oxidation sites excluding steroid dienone is 1. The van der Waals surface area contributed by atoms with Crippen LogP contribution in [0.1, 0.15) is 17.5 Å². The number of likely N-dealkylation sites (N-methyl/N-ethyl adjacent to an activating group) is 2. The number of aromatic nitrogens is 3. The highest BCUT2D eigenvalue weighted by atomic mass is 16.5. The minimum Gasteiger partial charge on any atom is -0.494 e. The van der Waals surface area contributed by atoms with E-state index in [1.165, 1.54) is 23.2 Å². The molecule has 0 saturated heterocycles. The Labute approximate surface area is 251 Å². The number of nitriles is 1. The highest BCUT2D eigenvalue weighted by Gasteiger charge is 2.21. The lowest BCUT2D eigenvalue weighted by Crippen LogP contribution is -2.29. The van der Waals surface area contributed by atoms with E-state index >= 15 is 0 Å². The van der Waals surface area contributed by atoms with Crippen molar-refractivity contribution in [2.45, 2.75) is 19.4 Å². The highest BCUT2D eigenvalue weighted by molar-refractivity contribution is 6.02. The smallest absolute Gasteiger partial charge is 0.247 e. The van der Waals surface area contributed by atoms with Crippen LogP contribution >= 0.6 is 0 Å². The molecule has 0 fully saturated rings. The van der Waals surface area contributed by atoms with Crippen LogP contribution in [0.3, 0.4) is 0 Å². The first kappa shape index (κ1) is 29.4. The number of nitrogens with one attached hydrogen (secondary N) is 2. The summed E-state index contributed by atoms with van der Waals surface area (Å²) in [4.78, 5) is 26.1. The summed E-state index contributed by atoms with van der Waals surface area (Å²) in [5, 5.41) is 16.6. The van der Waals surface area contributed by atoms with Crippen LogP contribution in [0.25, 0.3) is 28.2 Å². The Hall–Kier alpha value is -5.14. The lowest BCUT2D eigenvalue weighted by atomic mass is 10.0. The van der Waals surface area contributed by atoms with E-state index in [-0.39, 0.29) is 5.91 Å². The van der Waals surface area contributed by atoms with Gasteiger partial charge in [0.25, 0.3) is 0 Å². The molecule has 0 unspecified atom stereocenters. The number of aryl methyl sites for hydroxylation is 2. The molecule has 2 N–H and O–H groups in total. The second-order valence-corrected chi connectivity index (χ2v) is 10.7. The van der Waals surface area contributed by atoms with E-state index in [0.717, 1.165) is 54.7 Å². The number of nitrogens with zero attached hydrogens (tertiary/aromatic N) is 6. The van der Waals surface area contributed by atoms with Gasteiger partial charge in [0.1, 0.15) is 5.75 Å². The Bertz CT molecular complexity index is 1750. The van der Waals surface area contributed by atoms with Crippen LogP contribution in [0.2, 0.25) is 0 Å². The van der Waals surface area contributed by atoms with Gasteiger partial charge in [0.05, 0.1) is 41.5 Å². The molecule has 5 rings (SSSR count). The third kappa shape index (κ3) is 6.22.